The second kappa shape index (κ2) is 16.2. The third-order valence-electron chi connectivity index (χ3n) is 13.2. The summed E-state index contributed by atoms with van der Waals surface area (Å²) in [5.74, 6) is -0.697. The Morgan fingerprint density at radius 1 is 0.968 bits per heavy atom. The van der Waals surface area contributed by atoms with Crippen LogP contribution in [0.25, 0.3) is 39.4 Å². The number of aromatic nitrogens is 5. The zero-order valence-corrected chi connectivity index (χ0v) is 35.7. The van der Waals surface area contributed by atoms with Gasteiger partial charge in [-0.25, -0.2) is 24.2 Å². The Kier molecular flexibility index (Phi) is 10.7. The first-order chi connectivity index (χ1) is 30.3. The van der Waals surface area contributed by atoms with Crippen molar-refractivity contribution in [3.05, 3.63) is 115 Å². The van der Waals surface area contributed by atoms with Crippen molar-refractivity contribution < 1.29 is 34.4 Å². The molecule has 9 rings (SSSR count). The first kappa shape index (κ1) is 41.6. The van der Waals surface area contributed by atoms with E-state index in [4.69, 9.17) is 14.5 Å². The summed E-state index contributed by atoms with van der Waals surface area (Å²) in [5, 5.41) is 38.7. The van der Waals surface area contributed by atoms with Gasteiger partial charge in [0, 0.05) is 22.6 Å². The van der Waals surface area contributed by atoms with Crippen LogP contribution in [-0.4, -0.2) is 76.1 Å². The number of carbonyl (C=O) groups is 2. The molecule has 15 heteroatoms. The molecule has 15 nitrogen and oxygen atoms in total. The zero-order valence-electron chi connectivity index (χ0n) is 35.7. The number of nitrogens with zero attached hydrogens (tertiary/aromatic N) is 5. The Morgan fingerprint density at radius 2 is 1.73 bits per heavy atom. The number of hydrogen-bond donors (Lipinski definition) is 4. The second-order valence-corrected chi connectivity index (χ2v) is 17.2. The van der Waals surface area contributed by atoms with Gasteiger partial charge in [0.25, 0.3) is 5.56 Å². The molecule has 63 heavy (non-hydrogen) atoms. The fourth-order valence-corrected chi connectivity index (χ4v) is 9.69. The van der Waals surface area contributed by atoms with Gasteiger partial charge in [-0.15, -0.1) is 0 Å². The fraction of sp³-hybridized carbons (Fsp3) is 0.375. The lowest BCUT2D eigenvalue weighted by atomic mass is 9.85. The van der Waals surface area contributed by atoms with Gasteiger partial charge in [-0.2, -0.15) is 5.10 Å². The average Bonchev–Trinajstić information content (AvgIpc) is 3.83. The number of aromatic hydroxyl groups is 3. The van der Waals surface area contributed by atoms with E-state index in [1.807, 2.05) is 49.9 Å². The number of phenolic OH excluding ortho intramolecular Hbond substituents is 3. The Hall–Kier alpha value is -6.74. The Bertz CT molecular complexity index is 2920. The smallest absolute Gasteiger partial charge is 0.355 e. The van der Waals surface area contributed by atoms with Gasteiger partial charge < -0.3 is 29.4 Å². The molecule has 0 radical (unpaired) electrons. The van der Waals surface area contributed by atoms with Crippen LogP contribution >= 0.6 is 0 Å². The molecule has 3 aliphatic rings. The summed E-state index contributed by atoms with van der Waals surface area (Å²) in [4.78, 5) is 61.4. The number of phenols is 3. The van der Waals surface area contributed by atoms with Gasteiger partial charge in [0.2, 0.25) is 5.60 Å². The molecule has 326 valence electrons. The van der Waals surface area contributed by atoms with Gasteiger partial charge in [-0.05, 0) is 123 Å². The minimum absolute atomic E-state index is 0.0123. The van der Waals surface area contributed by atoms with E-state index < -0.39 is 23.2 Å². The van der Waals surface area contributed by atoms with Gasteiger partial charge in [-0.1, -0.05) is 39.8 Å². The number of aromatic amines is 1. The highest BCUT2D eigenvalue weighted by Gasteiger charge is 2.50. The van der Waals surface area contributed by atoms with Crippen molar-refractivity contribution in [2.75, 3.05) is 19.6 Å². The summed E-state index contributed by atoms with van der Waals surface area (Å²) in [6, 6.07) is 17.4. The lowest BCUT2D eigenvalue weighted by Gasteiger charge is -2.37. The van der Waals surface area contributed by atoms with Crippen LogP contribution in [0.5, 0.6) is 17.2 Å². The van der Waals surface area contributed by atoms with Crippen LogP contribution in [0.1, 0.15) is 92.7 Å². The lowest BCUT2D eigenvalue weighted by Crippen LogP contribution is -2.49. The first-order valence-electron chi connectivity index (χ1n) is 21.7. The standard InChI is InChI=1S/C48H50N6O9/c1-5-31-33-19-30(55)13-14-38(33)49-43-35(31)23-53-39(43)21-37-36(45(53)59)25-62-46(60)48(37,6-2)63-42(58)24-52-17-15-28(16-18-52)8-7-27-9-11-29(12-10-27)54-44(50-51-47(54)61)34-20-32(26(3)4)40(56)22-41(34)57/h9-14,19-22,26,28,55-57H,5-8,15-18,23-25H2,1-4H3,(H,51,61). The molecule has 6 heterocycles. The third-order valence-corrected chi connectivity index (χ3v) is 13.2. The van der Waals surface area contributed by atoms with Gasteiger partial charge in [-0.3, -0.25) is 14.5 Å². The minimum Gasteiger partial charge on any atom is -0.508 e. The zero-order chi connectivity index (χ0) is 44.3. The second-order valence-electron chi connectivity index (χ2n) is 17.2. The number of benzene rings is 3. The number of carbonyl (C=O) groups excluding carboxylic acids is 2. The van der Waals surface area contributed by atoms with Crippen LogP contribution in [0.15, 0.2) is 70.3 Å². The van der Waals surface area contributed by atoms with E-state index in [0.29, 0.717) is 64.7 Å². The molecule has 4 N–H and O–H groups in total. The molecule has 0 spiro atoms. The SMILES string of the molecule is CCc1c2c(nc3ccc(O)cc13)-c1cc3c(c(=O)n1C2)COC(=O)C3(CC)OC(=O)CN1CCC(CCc2ccc(-n3c(-c4cc(C(C)C)c(O)cc4O)n[nH]c3=O)cc2)CC1. The maximum Gasteiger partial charge on any atom is 0.355 e. The number of hydrogen-bond acceptors (Lipinski definition) is 12. The third kappa shape index (κ3) is 7.23. The summed E-state index contributed by atoms with van der Waals surface area (Å²) < 4.78 is 14.7. The van der Waals surface area contributed by atoms with E-state index >= 15 is 0 Å². The Morgan fingerprint density at radius 3 is 2.44 bits per heavy atom. The normalized spacial score (nSPS) is 17.4. The quantitative estimate of drug-likeness (QED) is 0.106. The molecule has 0 aliphatic carbocycles. The summed E-state index contributed by atoms with van der Waals surface area (Å²) >= 11 is 0. The number of nitrogens with one attached hydrogen (secondary N) is 1. The number of likely N-dealkylation sites (tertiary alicyclic amines) is 1. The van der Waals surface area contributed by atoms with Crippen LogP contribution in [0.2, 0.25) is 0 Å². The van der Waals surface area contributed by atoms with E-state index in [2.05, 4.69) is 10.2 Å². The highest BCUT2D eigenvalue weighted by atomic mass is 16.6. The average molecular weight is 855 g/mol. The molecule has 0 saturated carbocycles. The summed E-state index contributed by atoms with van der Waals surface area (Å²) in [5.41, 5.74) is 4.45. The van der Waals surface area contributed by atoms with E-state index in [1.54, 1.807) is 41.8 Å². The number of cyclic esters (lactones) is 1. The maximum absolute atomic E-state index is 14.1. The monoisotopic (exact) mass is 854 g/mol. The molecular weight excluding hydrogens is 805 g/mol. The largest absolute Gasteiger partial charge is 0.508 e. The number of pyridine rings is 2. The van der Waals surface area contributed by atoms with Crippen molar-refractivity contribution in [1.82, 2.24) is 29.2 Å². The lowest BCUT2D eigenvalue weighted by molar-refractivity contribution is -0.190. The summed E-state index contributed by atoms with van der Waals surface area (Å²) in [6.45, 7) is 9.03. The minimum atomic E-state index is -1.79. The molecule has 0 amide bonds. The van der Waals surface area contributed by atoms with Crippen LogP contribution in [0, 0.1) is 5.92 Å². The molecule has 1 fully saturated rings. The summed E-state index contributed by atoms with van der Waals surface area (Å²) in [7, 11) is 0. The van der Waals surface area contributed by atoms with Crippen LogP contribution in [0.3, 0.4) is 0 Å². The summed E-state index contributed by atoms with van der Waals surface area (Å²) in [6.07, 6.45) is 4.25. The van der Waals surface area contributed by atoms with Crippen LogP contribution < -0.4 is 11.2 Å². The van der Waals surface area contributed by atoms with Crippen molar-refractivity contribution in [2.45, 2.75) is 90.9 Å². The molecule has 1 unspecified atom stereocenters. The van der Waals surface area contributed by atoms with Gasteiger partial charge in [0.1, 0.15) is 23.9 Å². The molecule has 1 saturated heterocycles. The number of H-pyrrole nitrogens is 1. The van der Waals surface area contributed by atoms with Crippen molar-refractivity contribution in [2.24, 2.45) is 5.92 Å². The van der Waals surface area contributed by atoms with Crippen molar-refractivity contribution >= 4 is 22.8 Å². The molecule has 3 aromatic heterocycles. The Labute approximate surface area is 362 Å². The van der Waals surface area contributed by atoms with E-state index in [1.165, 1.54) is 10.6 Å². The number of esters is 2. The van der Waals surface area contributed by atoms with E-state index in [0.717, 1.165) is 47.8 Å². The fourth-order valence-electron chi connectivity index (χ4n) is 9.69. The molecular formula is C48H50N6O9. The number of piperidine rings is 1. The number of ether oxygens (including phenoxy) is 2. The topological polar surface area (TPSA) is 202 Å². The molecule has 6 aromatic rings. The molecule has 1 atom stereocenters. The van der Waals surface area contributed by atoms with Crippen LogP contribution in [-0.2, 0) is 50.7 Å². The first-order valence-corrected chi connectivity index (χ1v) is 21.7. The maximum atomic E-state index is 14.1. The molecule has 3 aliphatic heterocycles. The van der Waals surface area contributed by atoms with E-state index in [9.17, 15) is 34.5 Å². The predicted octanol–water partition coefficient (Wildman–Crippen LogP) is 6.32. The van der Waals surface area contributed by atoms with Gasteiger partial charge in [0.15, 0.2) is 5.82 Å². The van der Waals surface area contributed by atoms with Crippen molar-refractivity contribution in [1.29, 1.82) is 0 Å². The highest BCUT2D eigenvalue weighted by molar-refractivity contribution is 5.90. The molecule has 0 bridgehead atoms. The van der Waals surface area contributed by atoms with Gasteiger partial charge >= 0.3 is 17.6 Å². The van der Waals surface area contributed by atoms with Gasteiger partial charge in [0.05, 0.1) is 46.8 Å². The number of fused-ring (bicyclic) bond motifs is 5. The van der Waals surface area contributed by atoms with Crippen LogP contribution in [0.4, 0.5) is 0 Å². The van der Waals surface area contributed by atoms with E-state index in [-0.39, 0.29) is 66.2 Å². The number of aryl methyl sites for hydroxylation is 2. The molecule has 3 aromatic carbocycles. The van der Waals surface area contributed by atoms with Crippen molar-refractivity contribution in [3.63, 3.8) is 0 Å². The predicted molar refractivity (Wildman–Crippen MR) is 234 cm³/mol. The highest BCUT2D eigenvalue weighted by Crippen LogP contribution is 2.43. The van der Waals surface area contributed by atoms with Crippen molar-refractivity contribution in [3.8, 4) is 45.7 Å². The number of rotatable bonds is 11. The Balaban J connectivity index is 0.849.